The molecule has 0 aromatic heterocycles. The first-order valence-corrected chi connectivity index (χ1v) is 9.11. The summed E-state index contributed by atoms with van der Waals surface area (Å²) in [7, 11) is 0. The number of hydrazone groups is 1. The first-order chi connectivity index (χ1) is 13.2. The van der Waals surface area contributed by atoms with Gasteiger partial charge in [-0.25, -0.2) is 9.82 Å². The molecule has 0 radical (unpaired) electrons. The molecule has 2 rings (SSSR count). The van der Waals surface area contributed by atoms with E-state index in [1.807, 2.05) is 24.3 Å². The Bertz CT molecular complexity index is 732. The summed E-state index contributed by atoms with van der Waals surface area (Å²) in [5.41, 5.74) is 3.18. The Morgan fingerprint density at radius 3 is 2.63 bits per heavy atom. The lowest BCUT2D eigenvalue weighted by atomic mass is 10.2. The van der Waals surface area contributed by atoms with Crippen molar-refractivity contribution < 1.29 is 18.7 Å². The second-order valence-corrected chi connectivity index (χ2v) is 5.98. The van der Waals surface area contributed by atoms with Gasteiger partial charge < -0.3 is 9.47 Å². The molecule has 27 heavy (non-hydrogen) atoms. The summed E-state index contributed by atoms with van der Waals surface area (Å²) in [6.45, 7) is 2.62. The van der Waals surface area contributed by atoms with Crippen LogP contribution in [0.4, 0.5) is 4.39 Å². The molecule has 1 amide bonds. The number of halogens is 1. The third kappa shape index (κ3) is 7.90. The monoisotopic (exact) mass is 372 g/mol. The Labute approximate surface area is 159 Å². The molecule has 0 bridgehead atoms. The smallest absolute Gasteiger partial charge is 0.277 e. The number of ether oxygens (including phenoxy) is 2. The number of carbonyl (C=O) groups excluding carboxylic acids is 1. The Morgan fingerprint density at radius 1 is 1.07 bits per heavy atom. The number of amides is 1. The largest absolute Gasteiger partial charge is 0.493 e. The number of hydrogen-bond donors (Lipinski definition) is 1. The van der Waals surface area contributed by atoms with Crippen LogP contribution in [0.5, 0.6) is 11.5 Å². The van der Waals surface area contributed by atoms with Gasteiger partial charge in [0.05, 0.1) is 12.8 Å². The molecule has 0 saturated carbocycles. The molecule has 0 spiro atoms. The molecule has 144 valence electrons. The van der Waals surface area contributed by atoms with Crippen LogP contribution >= 0.6 is 0 Å². The number of rotatable bonds is 11. The summed E-state index contributed by atoms with van der Waals surface area (Å²) in [6, 6.07) is 13.0. The maximum atomic E-state index is 12.8. The summed E-state index contributed by atoms with van der Waals surface area (Å²) < 4.78 is 23.9. The van der Waals surface area contributed by atoms with Crippen LogP contribution in [-0.2, 0) is 4.79 Å². The Morgan fingerprint density at radius 2 is 1.85 bits per heavy atom. The molecule has 5 nitrogen and oxygen atoms in total. The van der Waals surface area contributed by atoms with Crippen molar-refractivity contribution in [3.8, 4) is 11.5 Å². The molecular weight excluding hydrogens is 347 g/mol. The van der Waals surface area contributed by atoms with Crippen LogP contribution in [0.1, 0.15) is 38.2 Å². The van der Waals surface area contributed by atoms with E-state index in [9.17, 15) is 9.18 Å². The number of hydrogen-bond acceptors (Lipinski definition) is 4. The van der Waals surface area contributed by atoms with Gasteiger partial charge in [0.1, 0.15) is 17.3 Å². The van der Waals surface area contributed by atoms with Gasteiger partial charge in [-0.15, -0.1) is 0 Å². The molecule has 6 heteroatoms. The fraction of sp³-hybridized carbons (Fsp3) is 0.333. The van der Waals surface area contributed by atoms with Gasteiger partial charge in [0.2, 0.25) is 0 Å². The van der Waals surface area contributed by atoms with E-state index in [1.165, 1.54) is 43.3 Å². The topological polar surface area (TPSA) is 59.9 Å². The van der Waals surface area contributed by atoms with E-state index >= 15 is 0 Å². The van der Waals surface area contributed by atoms with E-state index in [0.717, 1.165) is 24.2 Å². The number of unbranched alkanes of at least 4 members (excludes halogenated alkanes) is 3. The second-order valence-electron chi connectivity index (χ2n) is 5.98. The van der Waals surface area contributed by atoms with Gasteiger partial charge in [-0.3, -0.25) is 4.79 Å². The molecule has 0 fully saturated rings. The highest BCUT2D eigenvalue weighted by atomic mass is 19.1. The van der Waals surface area contributed by atoms with Crippen molar-refractivity contribution in [1.82, 2.24) is 5.43 Å². The van der Waals surface area contributed by atoms with Crippen molar-refractivity contribution >= 4 is 12.1 Å². The van der Waals surface area contributed by atoms with Gasteiger partial charge in [-0.05, 0) is 42.8 Å². The fourth-order valence-corrected chi connectivity index (χ4v) is 2.32. The second kappa shape index (κ2) is 11.7. The summed E-state index contributed by atoms with van der Waals surface area (Å²) in [5.74, 6) is 0.378. The van der Waals surface area contributed by atoms with Crippen LogP contribution in [0.15, 0.2) is 53.6 Å². The van der Waals surface area contributed by atoms with E-state index < -0.39 is 5.91 Å². The zero-order valence-electron chi connectivity index (χ0n) is 15.5. The van der Waals surface area contributed by atoms with Crippen LogP contribution in [0.25, 0.3) is 0 Å². The van der Waals surface area contributed by atoms with Gasteiger partial charge >= 0.3 is 0 Å². The molecule has 0 heterocycles. The maximum absolute atomic E-state index is 12.8. The van der Waals surface area contributed by atoms with Crippen molar-refractivity contribution in [3.05, 3.63) is 59.9 Å². The normalized spacial score (nSPS) is 10.7. The third-order valence-electron chi connectivity index (χ3n) is 3.75. The van der Waals surface area contributed by atoms with E-state index in [4.69, 9.17) is 9.47 Å². The molecule has 0 unspecified atom stereocenters. The van der Waals surface area contributed by atoms with Gasteiger partial charge in [-0.2, -0.15) is 5.10 Å². The molecule has 2 aromatic rings. The minimum absolute atomic E-state index is 0.210. The van der Waals surface area contributed by atoms with Crippen molar-refractivity contribution in [2.24, 2.45) is 5.10 Å². The first-order valence-electron chi connectivity index (χ1n) is 9.11. The zero-order chi connectivity index (χ0) is 19.3. The number of nitrogens with zero attached hydrogens (tertiary/aromatic N) is 1. The van der Waals surface area contributed by atoms with Gasteiger partial charge in [0.25, 0.3) is 5.91 Å². The van der Waals surface area contributed by atoms with Gasteiger partial charge in [0, 0.05) is 5.56 Å². The third-order valence-corrected chi connectivity index (χ3v) is 3.75. The van der Waals surface area contributed by atoms with Gasteiger partial charge in [0.15, 0.2) is 6.61 Å². The molecule has 0 atom stereocenters. The highest BCUT2D eigenvalue weighted by Crippen LogP contribution is 2.16. The van der Waals surface area contributed by atoms with Crippen molar-refractivity contribution in [1.29, 1.82) is 0 Å². The Balaban J connectivity index is 1.77. The number of benzene rings is 2. The molecule has 0 saturated heterocycles. The number of carbonyl (C=O) groups is 1. The fourth-order valence-electron chi connectivity index (χ4n) is 2.32. The summed E-state index contributed by atoms with van der Waals surface area (Å²) in [5, 5.41) is 3.94. The van der Waals surface area contributed by atoms with Crippen molar-refractivity contribution in [2.75, 3.05) is 13.2 Å². The highest BCUT2D eigenvalue weighted by molar-refractivity contribution is 5.85. The number of nitrogens with one attached hydrogen (secondary N) is 1. The minimum atomic E-state index is -0.409. The Kier molecular flexibility index (Phi) is 8.83. The molecular formula is C21H25FN2O3. The van der Waals surface area contributed by atoms with Crippen LogP contribution in [0.3, 0.4) is 0 Å². The lowest BCUT2D eigenvalue weighted by Crippen LogP contribution is -2.24. The highest BCUT2D eigenvalue weighted by Gasteiger charge is 2.03. The average Bonchev–Trinajstić information content (AvgIpc) is 2.68. The van der Waals surface area contributed by atoms with E-state index in [2.05, 4.69) is 17.5 Å². The van der Waals surface area contributed by atoms with Crippen molar-refractivity contribution in [3.63, 3.8) is 0 Å². The molecule has 0 aliphatic heterocycles. The average molecular weight is 372 g/mol. The van der Waals surface area contributed by atoms with Crippen LogP contribution < -0.4 is 14.9 Å². The maximum Gasteiger partial charge on any atom is 0.277 e. The predicted octanol–water partition coefficient (Wildman–Crippen LogP) is 4.31. The van der Waals surface area contributed by atoms with E-state index in [0.29, 0.717) is 12.4 Å². The van der Waals surface area contributed by atoms with Crippen molar-refractivity contribution in [2.45, 2.75) is 32.6 Å². The quantitative estimate of drug-likeness (QED) is 0.363. The van der Waals surface area contributed by atoms with Gasteiger partial charge in [-0.1, -0.05) is 38.3 Å². The lowest BCUT2D eigenvalue weighted by Gasteiger charge is -2.08. The standard InChI is InChI=1S/C21H25FN2O3/c1-2-3-4-7-14-26-20-9-6-5-8-17(20)15-23-24-21(25)16-27-19-12-10-18(22)11-13-19/h5-6,8-13,15H,2-4,7,14,16H2,1H3,(H,24,25)/b23-15+. The van der Waals surface area contributed by atoms with Crippen LogP contribution in [-0.4, -0.2) is 25.3 Å². The Hall–Kier alpha value is -2.89. The summed E-state index contributed by atoms with van der Waals surface area (Å²) >= 11 is 0. The molecule has 2 aromatic carbocycles. The summed E-state index contributed by atoms with van der Waals surface area (Å²) in [6.07, 6.45) is 6.09. The molecule has 0 aliphatic carbocycles. The predicted molar refractivity (Wildman–Crippen MR) is 104 cm³/mol. The van der Waals surface area contributed by atoms with Crippen LogP contribution in [0.2, 0.25) is 0 Å². The summed E-state index contributed by atoms with van der Waals surface area (Å²) in [4.78, 5) is 11.8. The first kappa shape index (κ1) is 20.4. The van der Waals surface area contributed by atoms with E-state index in [-0.39, 0.29) is 12.4 Å². The minimum Gasteiger partial charge on any atom is -0.493 e. The van der Waals surface area contributed by atoms with Crippen LogP contribution in [0, 0.1) is 5.82 Å². The number of para-hydroxylation sites is 1. The van der Waals surface area contributed by atoms with E-state index in [1.54, 1.807) is 0 Å². The molecule has 0 aliphatic rings. The lowest BCUT2D eigenvalue weighted by molar-refractivity contribution is -0.123. The SMILES string of the molecule is CCCCCCOc1ccccc1/C=N/NC(=O)COc1ccc(F)cc1. The zero-order valence-corrected chi connectivity index (χ0v) is 15.5. The molecule has 1 N–H and O–H groups in total.